The van der Waals surface area contributed by atoms with Crippen LogP contribution >= 0.6 is 0 Å². The first-order valence-corrected chi connectivity index (χ1v) is 6.24. The van der Waals surface area contributed by atoms with Gasteiger partial charge in [0.2, 0.25) is 0 Å². The third-order valence-corrected chi connectivity index (χ3v) is 2.33. The van der Waals surface area contributed by atoms with E-state index < -0.39 is 0 Å². The Hall–Kier alpha value is -0.0800. The van der Waals surface area contributed by atoms with Crippen molar-refractivity contribution in [3.05, 3.63) is 0 Å². The molecule has 0 spiro atoms. The Kier molecular flexibility index (Phi) is 6.46. The molecule has 0 saturated carbocycles. The van der Waals surface area contributed by atoms with Crippen LogP contribution in [0.2, 0.25) is 0 Å². The fourth-order valence-corrected chi connectivity index (χ4v) is 1.96. The van der Waals surface area contributed by atoms with Crippen molar-refractivity contribution in [1.29, 1.82) is 0 Å². The lowest BCUT2D eigenvalue weighted by Crippen LogP contribution is -2.43. The van der Waals surface area contributed by atoms with E-state index in [1.54, 1.807) is 0 Å². The standard InChI is InChI=1S/C13H30N2/c1-10(2)14-11(3)8-9-12(4)15-13(5,6)7/h10-12,14-15H,8-9H2,1-7H3. The van der Waals surface area contributed by atoms with Gasteiger partial charge in [0.15, 0.2) is 0 Å². The lowest BCUT2D eigenvalue weighted by atomic mass is 10.0. The predicted molar refractivity (Wildman–Crippen MR) is 69.3 cm³/mol. The van der Waals surface area contributed by atoms with Crippen LogP contribution in [0.1, 0.15) is 61.3 Å². The molecule has 0 aliphatic carbocycles. The van der Waals surface area contributed by atoms with Crippen molar-refractivity contribution < 1.29 is 0 Å². The Morgan fingerprint density at radius 2 is 1.33 bits per heavy atom. The zero-order valence-electron chi connectivity index (χ0n) is 11.6. The van der Waals surface area contributed by atoms with Crippen LogP contribution in [0, 0.1) is 0 Å². The minimum Gasteiger partial charge on any atom is -0.312 e. The summed E-state index contributed by atoms with van der Waals surface area (Å²) in [5.74, 6) is 0. The third kappa shape index (κ3) is 10.2. The molecule has 0 radical (unpaired) electrons. The maximum absolute atomic E-state index is 3.60. The summed E-state index contributed by atoms with van der Waals surface area (Å²) >= 11 is 0. The van der Waals surface area contributed by atoms with Gasteiger partial charge in [0.1, 0.15) is 0 Å². The van der Waals surface area contributed by atoms with E-state index in [2.05, 4.69) is 59.1 Å². The van der Waals surface area contributed by atoms with Gasteiger partial charge in [-0.1, -0.05) is 13.8 Å². The molecule has 2 N–H and O–H groups in total. The lowest BCUT2D eigenvalue weighted by molar-refractivity contribution is 0.340. The fraction of sp³-hybridized carbons (Fsp3) is 1.00. The Labute approximate surface area is 96.2 Å². The summed E-state index contributed by atoms with van der Waals surface area (Å²) in [5, 5.41) is 7.13. The molecule has 92 valence electrons. The van der Waals surface area contributed by atoms with Crippen LogP contribution in [0.4, 0.5) is 0 Å². The summed E-state index contributed by atoms with van der Waals surface area (Å²) in [5.41, 5.74) is 0.230. The molecule has 0 amide bonds. The van der Waals surface area contributed by atoms with E-state index in [4.69, 9.17) is 0 Å². The highest BCUT2D eigenvalue weighted by Gasteiger charge is 2.14. The van der Waals surface area contributed by atoms with Gasteiger partial charge in [0.05, 0.1) is 0 Å². The molecule has 0 rings (SSSR count). The second kappa shape index (κ2) is 6.49. The summed E-state index contributed by atoms with van der Waals surface area (Å²) in [6.45, 7) is 15.6. The van der Waals surface area contributed by atoms with Crippen molar-refractivity contribution >= 4 is 0 Å². The smallest absolute Gasteiger partial charge is 0.00989 e. The normalized spacial score (nSPS) is 16.8. The molecule has 2 heteroatoms. The largest absolute Gasteiger partial charge is 0.312 e. The Balaban J connectivity index is 3.66. The van der Waals surface area contributed by atoms with E-state index in [0.29, 0.717) is 18.1 Å². The first kappa shape index (κ1) is 14.9. The lowest BCUT2D eigenvalue weighted by Gasteiger charge is -2.27. The van der Waals surface area contributed by atoms with Gasteiger partial charge in [-0.3, -0.25) is 0 Å². The number of hydrogen-bond donors (Lipinski definition) is 2. The molecule has 0 heterocycles. The average molecular weight is 214 g/mol. The summed E-state index contributed by atoms with van der Waals surface area (Å²) in [6, 6.07) is 1.81. The zero-order valence-corrected chi connectivity index (χ0v) is 11.6. The molecule has 2 atom stereocenters. The quantitative estimate of drug-likeness (QED) is 0.710. The van der Waals surface area contributed by atoms with Gasteiger partial charge in [-0.25, -0.2) is 0 Å². The van der Waals surface area contributed by atoms with Gasteiger partial charge in [0.25, 0.3) is 0 Å². The monoisotopic (exact) mass is 214 g/mol. The molecule has 0 aliphatic rings. The number of nitrogens with one attached hydrogen (secondary N) is 2. The highest BCUT2D eigenvalue weighted by atomic mass is 15.0. The average Bonchev–Trinajstić information content (AvgIpc) is 1.96. The topological polar surface area (TPSA) is 24.1 Å². The second-order valence-electron chi connectivity index (χ2n) is 6.10. The van der Waals surface area contributed by atoms with Gasteiger partial charge >= 0.3 is 0 Å². The maximum atomic E-state index is 3.60. The van der Waals surface area contributed by atoms with Gasteiger partial charge in [0, 0.05) is 23.7 Å². The Morgan fingerprint density at radius 1 is 0.867 bits per heavy atom. The van der Waals surface area contributed by atoms with Crippen LogP contribution in [0.15, 0.2) is 0 Å². The van der Waals surface area contributed by atoms with Crippen LogP contribution in [0.25, 0.3) is 0 Å². The van der Waals surface area contributed by atoms with E-state index in [0.717, 1.165) is 0 Å². The Bertz CT molecular complexity index is 158. The predicted octanol–water partition coefficient (Wildman–Crippen LogP) is 2.93. The summed E-state index contributed by atoms with van der Waals surface area (Å²) in [7, 11) is 0. The first-order chi connectivity index (χ1) is 6.70. The molecule has 0 saturated heterocycles. The Morgan fingerprint density at radius 3 is 1.73 bits per heavy atom. The summed E-state index contributed by atoms with van der Waals surface area (Å²) < 4.78 is 0. The van der Waals surface area contributed by atoms with Crippen LogP contribution < -0.4 is 10.6 Å². The number of rotatable bonds is 6. The minimum absolute atomic E-state index is 0.230. The van der Waals surface area contributed by atoms with Crippen molar-refractivity contribution in [2.24, 2.45) is 0 Å². The van der Waals surface area contributed by atoms with Crippen LogP contribution in [0.5, 0.6) is 0 Å². The molecule has 2 unspecified atom stereocenters. The molecule has 0 fully saturated rings. The van der Waals surface area contributed by atoms with Gasteiger partial charge < -0.3 is 10.6 Å². The van der Waals surface area contributed by atoms with Crippen molar-refractivity contribution in [1.82, 2.24) is 10.6 Å². The van der Waals surface area contributed by atoms with Gasteiger partial charge in [-0.15, -0.1) is 0 Å². The van der Waals surface area contributed by atoms with Crippen LogP contribution in [-0.2, 0) is 0 Å². The van der Waals surface area contributed by atoms with E-state index in [9.17, 15) is 0 Å². The van der Waals surface area contributed by atoms with E-state index in [1.165, 1.54) is 12.8 Å². The highest BCUT2D eigenvalue weighted by Crippen LogP contribution is 2.07. The van der Waals surface area contributed by atoms with Crippen LogP contribution in [-0.4, -0.2) is 23.7 Å². The molecular weight excluding hydrogens is 184 g/mol. The molecule has 0 aromatic heterocycles. The maximum Gasteiger partial charge on any atom is 0.00989 e. The minimum atomic E-state index is 0.230. The molecule has 0 aliphatic heterocycles. The molecule has 2 nitrogen and oxygen atoms in total. The molecule has 15 heavy (non-hydrogen) atoms. The van der Waals surface area contributed by atoms with Crippen molar-refractivity contribution in [3.8, 4) is 0 Å². The van der Waals surface area contributed by atoms with Gasteiger partial charge in [-0.05, 0) is 47.5 Å². The van der Waals surface area contributed by atoms with E-state index in [-0.39, 0.29) is 5.54 Å². The number of hydrogen-bond acceptors (Lipinski definition) is 2. The van der Waals surface area contributed by atoms with Crippen LogP contribution in [0.3, 0.4) is 0 Å². The highest BCUT2D eigenvalue weighted by molar-refractivity contribution is 4.76. The summed E-state index contributed by atoms with van der Waals surface area (Å²) in [6.07, 6.45) is 2.47. The molecule has 0 aromatic carbocycles. The van der Waals surface area contributed by atoms with Crippen molar-refractivity contribution in [2.75, 3.05) is 0 Å². The van der Waals surface area contributed by atoms with E-state index >= 15 is 0 Å². The molecule has 0 aromatic rings. The summed E-state index contributed by atoms with van der Waals surface area (Å²) in [4.78, 5) is 0. The third-order valence-electron chi connectivity index (χ3n) is 2.33. The SMILES string of the molecule is CC(C)NC(C)CCC(C)NC(C)(C)C. The second-order valence-corrected chi connectivity index (χ2v) is 6.10. The molecular formula is C13H30N2. The zero-order chi connectivity index (χ0) is 12.1. The van der Waals surface area contributed by atoms with E-state index in [1.807, 2.05) is 0 Å². The molecule has 0 bridgehead atoms. The van der Waals surface area contributed by atoms with Crippen molar-refractivity contribution in [2.45, 2.75) is 85.0 Å². The van der Waals surface area contributed by atoms with Gasteiger partial charge in [-0.2, -0.15) is 0 Å². The van der Waals surface area contributed by atoms with Crippen molar-refractivity contribution in [3.63, 3.8) is 0 Å². The fourth-order valence-electron chi connectivity index (χ4n) is 1.96. The first-order valence-electron chi connectivity index (χ1n) is 6.24.